The molecule has 1 aliphatic heterocycles. The maximum Gasteiger partial charge on any atom is 0.0236 e. The molecule has 88 valence electrons. The maximum atomic E-state index is 2.33. The summed E-state index contributed by atoms with van der Waals surface area (Å²) in [5.41, 5.74) is 1.52. The molecule has 0 N–H and O–H groups in total. The Labute approximate surface area is 111 Å². The van der Waals surface area contributed by atoms with Crippen molar-refractivity contribution in [2.75, 3.05) is 0 Å². The smallest absolute Gasteiger partial charge is 0.0236 e. The highest BCUT2D eigenvalue weighted by atomic mass is 32.2. The van der Waals surface area contributed by atoms with Crippen LogP contribution in [0.3, 0.4) is 0 Å². The van der Waals surface area contributed by atoms with E-state index in [9.17, 15) is 0 Å². The minimum absolute atomic E-state index is 0.583. The number of rotatable bonds is 0. The molecule has 1 heterocycles. The highest BCUT2D eigenvalue weighted by Gasteiger charge is 2.33. The lowest BCUT2D eigenvalue weighted by molar-refractivity contribution is 0.628. The average molecular weight is 250 g/mol. The van der Waals surface area contributed by atoms with Gasteiger partial charge in [0.05, 0.1) is 0 Å². The standard InChI is InChI=1S/C17H14S/c1-11-5-4-8-15-16(11)14-10-9-12-6-2-3-7-13(12)17(14)18-15/h2-11,16H,1H3. The van der Waals surface area contributed by atoms with Crippen molar-refractivity contribution in [1.82, 2.24) is 0 Å². The predicted molar refractivity (Wildman–Crippen MR) is 78.9 cm³/mol. The molecular formula is C17H14S. The van der Waals surface area contributed by atoms with Gasteiger partial charge >= 0.3 is 0 Å². The average Bonchev–Trinajstić information content (AvgIpc) is 2.79. The molecule has 0 fully saturated rings. The number of thioether (sulfide) groups is 1. The van der Waals surface area contributed by atoms with E-state index in [1.807, 2.05) is 11.8 Å². The molecule has 0 saturated carbocycles. The Bertz CT molecular complexity index is 694. The number of hydrogen-bond donors (Lipinski definition) is 0. The van der Waals surface area contributed by atoms with E-state index < -0.39 is 0 Å². The maximum absolute atomic E-state index is 2.33. The van der Waals surface area contributed by atoms with E-state index >= 15 is 0 Å². The molecule has 2 atom stereocenters. The van der Waals surface area contributed by atoms with Gasteiger partial charge in [0.25, 0.3) is 0 Å². The van der Waals surface area contributed by atoms with Gasteiger partial charge in [0.1, 0.15) is 0 Å². The van der Waals surface area contributed by atoms with Crippen molar-refractivity contribution in [3.05, 3.63) is 65.1 Å². The highest BCUT2D eigenvalue weighted by Crippen LogP contribution is 2.55. The van der Waals surface area contributed by atoms with Crippen LogP contribution in [0.1, 0.15) is 18.4 Å². The van der Waals surface area contributed by atoms with Gasteiger partial charge in [0.15, 0.2) is 0 Å². The van der Waals surface area contributed by atoms with E-state index in [1.165, 1.54) is 26.1 Å². The highest BCUT2D eigenvalue weighted by molar-refractivity contribution is 8.03. The summed E-state index contributed by atoms with van der Waals surface area (Å²) in [4.78, 5) is 2.98. The van der Waals surface area contributed by atoms with Gasteiger partial charge in [-0.25, -0.2) is 0 Å². The van der Waals surface area contributed by atoms with E-state index in [0.29, 0.717) is 11.8 Å². The Balaban J connectivity index is 2.00. The molecule has 2 aromatic carbocycles. The number of hydrogen-bond acceptors (Lipinski definition) is 1. The zero-order valence-electron chi connectivity index (χ0n) is 10.3. The molecule has 18 heavy (non-hydrogen) atoms. The Morgan fingerprint density at radius 2 is 1.94 bits per heavy atom. The van der Waals surface area contributed by atoms with Crippen LogP contribution in [0.4, 0.5) is 0 Å². The zero-order chi connectivity index (χ0) is 12.1. The Morgan fingerprint density at radius 1 is 1.06 bits per heavy atom. The van der Waals surface area contributed by atoms with Crippen molar-refractivity contribution in [3.63, 3.8) is 0 Å². The second-order valence-corrected chi connectivity index (χ2v) is 6.18. The van der Waals surface area contributed by atoms with Gasteiger partial charge in [-0.05, 0) is 27.2 Å². The first-order chi connectivity index (χ1) is 8.84. The molecule has 2 aliphatic rings. The first kappa shape index (κ1) is 10.5. The van der Waals surface area contributed by atoms with Gasteiger partial charge < -0.3 is 0 Å². The molecule has 1 aliphatic carbocycles. The Hall–Kier alpha value is -1.47. The molecule has 1 heteroatoms. The van der Waals surface area contributed by atoms with Gasteiger partial charge in [-0.15, -0.1) is 0 Å². The summed E-state index contributed by atoms with van der Waals surface area (Å²) in [6.07, 6.45) is 6.81. The van der Waals surface area contributed by atoms with Crippen LogP contribution >= 0.6 is 11.8 Å². The lowest BCUT2D eigenvalue weighted by Gasteiger charge is -2.20. The fraction of sp³-hybridized carbons (Fsp3) is 0.176. The van der Waals surface area contributed by atoms with Crippen molar-refractivity contribution in [3.8, 4) is 0 Å². The molecule has 0 saturated heterocycles. The fourth-order valence-corrected chi connectivity index (χ4v) is 4.53. The van der Waals surface area contributed by atoms with Crippen LogP contribution in [-0.4, -0.2) is 0 Å². The van der Waals surface area contributed by atoms with Gasteiger partial charge in [-0.3, -0.25) is 0 Å². The molecule has 0 radical (unpaired) electrons. The van der Waals surface area contributed by atoms with Crippen LogP contribution in [0.2, 0.25) is 0 Å². The van der Waals surface area contributed by atoms with Crippen molar-refractivity contribution in [1.29, 1.82) is 0 Å². The van der Waals surface area contributed by atoms with E-state index in [-0.39, 0.29) is 0 Å². The van der Waals surface area contributed by atoms with Crippen LogP contribution in [-0.2, 0) is 0 Å². The van der Waals surface area contributed by atoms with Gasteiger partial charge in [0.2, 0.25) is 0 Å². The third-order valence-electron chi connectivity index (χ3n) is 3.97. The van der Waals surface area contributed by atoms with E-state index in [0.717, 1.165) is 0 Å². The molecule has 4 rings (SSSR count). The third kappa shape index (κ3) is 1.34. The van der Waals surface area contributed by atoms with Crippen molar-refractivity contribution >= 4 is 22.5 Å². The molecule has 0 aromatic heterocycles. The third-order valence-corrected chi connectivity index (χ3v) is 5.26. The van der Waals surface area contributed by atoms with Gasteiger partial charge in [-0.2, -0.15) is 0 Å². The number of fused-ring (bicyclic) bond motifs is 5. The van der Waals surface area contributed by atoms with Crippen LogP contribution in [0.5, 0.6) is 0 Å². The van der Waals surface area contributed by atoms with Gasteiger partial charge in [-0.1, -0.05) is 73.3 Å². The second kappa shape index (κ2) is 3.76. The second-order valence-electron chi connectivity index (χ2n) is 5.10. The van der Waals surface area contributed by atoms with E-state index in [4.69, 9.17) is 0 Å². The summed E-state index contributed by atoms with van der Waals surface area (Å²) in [7, 11) is 0. The van der Waals surface area contributed by atoms with E-state index in [2.05, 4.69) is 61.5 Å². The SMILES string of the molecule is CC1C=CC=C2Sc3c(ccc4ccccc34)C21. The molecule has 0 spiro atoms. The molecular weight excluding hydrogens is 236 g/mol. The Kier molecular flexibility index (Phi) is 2.18. The molecule has 2 aromatic rings. The van der Waals surface area contributed by atoms with Crippen LogP contribution < -0.4 is 0 Å². The normalized spacial score (nSPS) is 24.8. The van der Waals surface area contributed by atoms with Gasteiger partial charge in [0, 0.05) is 10.8 Å². The number of allylic oxidation sites excluding steroid dienone is 4. The quantitative estimate of drug-likeness (QED) is 0.625. The summed E-state index contributed by atoms with van der Waals surface area (Å²) in [5, 5.41) is 2.76. The summed E-state index contributed by atoms with van der Waals surface area (Å²) in [6, 6.07) is 13.3. The minimum Gasteiger partial charge on any atom is -0.0929 e. The zero-order valence-corrected chi connectivity index (χ0v) is 11.1. The lowest BCUT2D eigenvalue weighted by atomic mass is 9.83. The topological polar surface area (TPSA) is 0 Å². The van der Waals surface area contributed by atoms with Crippen LogP contribution in [0.15, 0.2) is 64.4 Å². The van der Waals surface area contributed by atoms with Crippen molar-refractivity contribution in [2.24, 2.45) is 5.92 Å². The molecule has 2 unspecified atom stereocenters. The summed E-state index contributed by atoms with van der Waals surface area (Å²) in [5.74, 6) is 1.19. The fourth-order valence-electron chi connectivity index (χ4n) is 3.07. The predicted octanol–water partition coefficient (Wildman–Crippen LogP) is 5.12. The first-order valence-electron chi connectivity index (χ1n) is 6.42. The van der Waals surface area contributed by atoms with Crippen molar-refractivity contribution < 1.29 is 0 Å². The van der Waals surface area contributed by atoms with Crippen LogP contribution in [0, 0.1) is 5.92 Å². The Morgan fingerprint density at radius 3 is 2.89 bits per heavy atom. The minimum atomic E-state index is 0.583. The summed E-state index contributed by atoms with van der Waals surface area (Å²) < 4.78 is 0. The van der Waals surface area contributed by atoms with Crippen LogP contribution in [0.25, 0.3) is 10.8 Å². The number of benzene rings is 2. The van der Waals surface area contributed by atoms with E-state index in [1.54, 1.807) is 0 Å². The molecule has 0 amide bonds. The largest absolute Gasteiger partial charge is 0.0929 e. The molecule has 0 nitrogen and oxygen atoms in total. The monoisotopic (exact) mass is 250 g/mol. The lowest BCUT2D eigenvalue weighted by Crippen LogP contribution is -2.07. The summed E-state index contributed by atoms with van der Waals surface area (Å²) >= 11 is 1.96. The summed E-state index contributed by atoms with van der Waals surface area (Å²) in [6.45, 7) is 2.32. The molecule has 0 bridgehead atoms. The van der Waals surface area contributed by atoms with Crippen molar-refractivity contribution in [2.45, 2.75) is 17.7 Å². The first-order valence-corrected chi connectivity index (χ1v) is 7.24.